The summed E-state index contributed by atoms with van der Waals surface area (Å²) in [5, 5.41) is 1.09. The van der Waals surface area contributed by atoms with Gasteiger partial charge in [0.1, 0.15) is 5.76 Å². The van der Waals surface area contributed by atoms with E-state index in [0.717, 1.165) is 35.9 Å². The number of fused-ring (bicyclic) bond motifs is 1. The predicted octanol–water partition coefficient (Wildman–Crippen LogP) is 6.98. The summed E-state index contributed by atoms with van der Waals surface area (Å²) in [4.78, 5) is 20.0. The van der Waals surface area contributed by atoms with E-state index >= 15 is 0 Å². The van der Waals surface area contributed by atoms with Gasteiger partial charge < -0.3 is 4.42 Å². The van der Waals surface area contributed by atoms with Crippen molar-refractivity contribution in [2.45, 2.75) is 51.0 Å². The molecule has 0 N–H and O–H groups in total. The van der Waals surface area contributed by atoms with E-state index in [4.69, 9.17) is 16.0 Å². The predicted molar refractivity (Wildman–Crippen MR) is 149 cm³/mol. The molecule has 0 fully saturated rings. The van der Waals surface area contributed by atoms with Crippen molar-refractivity contribution >= 4 is 54.2 Å². The van der Waals surface area contributed by atoms with Crippen molar-refractivity contribution in [2.24, 2.45) is 0 Å². The first-order valence-electron chi connectivity index (χ1n) is 12.3. The Morgan fingerprint density at radius 1 is 1.03 bits per heavy atom. The van der Waals surface area contributed by atoms with Crippen LogP contribution in [-0.2, 0) is 16.6 Å². The number of hydrogen-bond donors (Lipinski definition) is 0. The molecule has 0 bridgehead atoms. The molecule has 2 heterocycles. The summed E-state index contributed by atoms with van der Waals surface area (Å²) < 4.78 is 34.5. The van der Waals surface area contributed by atoms with Crippen LogP contribution in [0.3, 0.4) is 0 Å². The molecule has 0 aliphatic rings. The van der Waals surface area contributed by atoms with E-state index in [1.807, 2.05) is 26.0 Å². The van der Waals surface area contributed by atoms with Gasteiger partial charge in [0.05, 0.1) is 27.9 Å². The lowest BCUT2D eigenvalue weighted by Crippen LogP contribution is -2.33. The lowest BCUT2D eigenvalue weighted by molar-refractivity contribution is 0.0983. The minimum atomic E-state index is -3.65. The third-order valence-electron chi connectivity index (χ3n) is 5.97. The van der Waals surface area contributed by atoms with Crippen LogP contribution < -0.4 is 4.90 Å². The highest BCUT2D eigenvalue weighted by atomic mass is 35.5. The van der Waals surface area contributed by atoms with Crippen molar-refractivity contribution in [3.8, 4) is 0 Å². The van der Waals surface area contributed by atoms with Crippen molar-refractivity contribution in [3.63, 3.8) is 0 Å². The number of unbranched alkanes of at least 4 members (excludes halogenated alkanes) is 2. The Balaban J connectivity index is 1.63. The molecule has 196 valence electrons. The number of benzene rings is 2. The van der Waals surface area contributed by atoms with Crippen LogP contribution in [0.2, 0.25) is 5.02 Å². The largest absolute Gasteiger partial charge is 0.467 e. The zero-order valence-corrected chi connectivity index (χ0v) is 23.3. The highest BCUT2D eigenvalue weighted by Crippen LogP contribution is 2.32. The lowest BCUT2D eigenvalue weighted by Gasteiger charge is -2.22. The smallest absolute Gasteiger partial charge is 0.260 e. The first kappa shape index (κ1) is 27.3. The van der Waals surface area contributed by atoms with Crippen LogP contribution in [0.4, 0.5) is 5.13 Å². The molecule has 4 rings (SSSR count). The minimum Gasteiger partial charge on any atom is -0.467 e. The van der Waals surface area contributed by atoms with Crippen LogP contribution in [-0.4, -0.2) is 36.7 Å². The van der Waals surface area contributed by atoms with E-state index in [-0.39, 0.29) is 17.3 Å². The summed E-state index contributed by atoms with van der Waals surface area (Å²) in [7, 11) is -3.65. The van der Waals surface area contributed by atoms with E-state index in [9.17, 15) is 13.2 Å². The summed E-state index contributed by atoms with van der Waals surface area (Å²) in [6.45, 7) is 5.23. The average Bonchev–Trinajstić information content (AvgIpc) is 3.56. The zero-order valence-electron chi connectivity index (χ0n) is 20.9. The van der Waals surface area contributed by atoms with Gasteiger partial charge in [0, 0.05) is 23.7 Å². The maximum Gasteiger partial charge on any atom is 0.260 e. The van der Waals surface area contributed by atoms with E-state index in [0.29, 0.717) is 34.6 Å². The fourth-order valence-corrected chi connectivity index (χ4v) is 6.64. The van der Waals surface area contributed by atoms with Crippen LogP contribution in [0, 0.1) is 0 Å². The summed E-state index contributed by atoms with van der Waals surface area (Å²) in [5.41, 5.74) is 1.10. The first-order valence-corrected chi connectivity index (χ1v) is 15.0. The van der Waals surface area contributed by atoms with E-state index < -0.39 is 10.0 Å². The maximum atomic E-state index is 13.7. The number of halogens is 1. The highest BCUT2D eigenvalue weighted by molar-refractivity contribution is 7.89. The lowest BCUT2D eigenvalue weighted by atomic mass is 10.2. The van der Waals surface area contributed by atoms with Crippen molar-refractivity contribution in [1.29, 1.82) is 0 Å². The van der Waals surface area contributed by atoms with Gasteiger partial charge in [-0.15, -0.1) is 0 Å². The van der Waals surface area contributed by atoms with Crippen LogP contribution in [0.5, 0.6) is 0 Å². The molecule has 0 unspecified atom stereocenters. The molecule has 0 spiro atoms. The third-order valence-corrected chi connectivity index (χ3v) is 9.16. The fourth-order valence-electron chi connectivity index (χ4n) is 3.88. The number of carbonyl (C=O) groups is 1. The fraction of sp³-hybridized carbons (Fsp3) is 0.333. The van der Waals surface area contributed by atoms with Crippen molar-refractivity contribution in [1.82, 2.24) is 9.29 Å². The molecule has 0 aliphatic carbocycles. The third kappa shape index (κ3) is 6.41. The number of amides is 1. The normalized spacial score (nSPS) is 11.9. The Hall–Kier alpha value is -2.72. The van der Waals surface area contributed by atoms with Crippen LogP contribution >= 0.6 is 22.9 Å². The quantitative estimate of drug-likeness (QED) is 0.187. The SMILES string of the molecule is CCCCN(CCCC)S(=O)(=O)c1ccc(C(=O)N(Cc2ccco2)c2nc3ccc(Cl)cc3s2)cc1. The molecule has 2 aromatic carbocycles. The number of thiazole rings is 1. The summed E-state index contributed by atoms with van der Waals surface area (Å²) >= 11 is 7.50. The van der Waals surface area contributed by atoms with Crippen molar-refractivity contribution < 1.29 is 17.6 Å². The number of aromatic nitrogens is 1. The Morgan fingerprint density at radius 2 is 1.73 bits per heavy atom. The van der Waals surface area contributed by atoms with Gasteiger partial charge in [-0.1, -0.05) is 49.6 Å². The Labute approximate surface area is 226 Å². The average molecular weight is 560 g/mol. The number of sulfonamides is 1. The number of hydrogen-bond acceptors (Lipinski definition) is 6. The molecule has 0 saturated carbocycles. The Kier molecular flexibility index (Phi) is 9.02. The molecule has 0 radical (unpaired) electrons. The topological polar surface area (TPSA) is 83.7 Å². The number of rotatable bonds is 12. The van der Waals surface area contributed by atoms with Crippen LogP contribution in [0.25, 0.3) is 10.2 Å². The van der Waals surface area contributed by atoms with E-state index in [1.54, 1.807) is 40.9 Å². The minimum absolute atomic E-state index is 0.182. The van der Waals surface area contributed by atoms with Gasteiger partial charge in [-0.2, -0.15) is 4.31 Å². The molecular weight excluding hydrogens is 530 g/mol. The second-order valence-electron chi connectivity index (χ2n) is 8.71. The summed E-state index contributed by atoms with van der Waals surface area (Å²) in [5.74, 6) is 0.298. The molecular formula is C27H30ClN3O4S2. The molecule has 7 nitrogen and oxygen atoms in total. The second-order valence-corrected chi connectivity index (χ2v) is 12.1. The maximum absolute atomic E-state index is 13.7. The van der Waals surface area contributed by atoms with Crippen molar-refractivity contribution in [2.75, 3.05) is 18.0 Å². The second kappa shape index (κ2) is 12.2. The highest BCUT2D eigenvalue weighted by Gasteiger charge is 2.26. The van der Waals surface area contributed by atoms with Gasteiger partial charge in [0.25, 0.3) is 5.91 Å². The zero-order chi connectivity index (χ0) is 26.4. The van der Waals surface area contributed by atoms with Gasteiger partial charge in [-0.25, -0.2) is 13.4 Å². The number of anilines is 1. The Bertz CT molecular complexity index is 1430. The molecule has 2 aromatic heterocycles. The first-order chi connectivity index (χ1) is 17.8. The van der Waals surface area contributed by atoms with E-state index in [1.165, 1.54) is 28.4 Å². The standard InChI is InChI=1S/C27H30ClN3O4S2/c1-3-5-15-30(16-6-4-2)37(33,34)23-12-9-20(10-13-23)26(32)31(19-22-8-7-17-35-22)27-29-24-14-11-21(28)18-25(24)36-27/h7-14,17-18H,3-6,15-16,19H2,1-2H3. The van der Waals surface area contributed by atoms with Gasteiger partial charge in [0.15, 0.2) is 5.13 Å². The van der Waals surface area contributed by atoms with Crippen LogP contribution in [0.15, 0.2) is 70.2 Å². The summed E-state index contributed by atoms with van der Waals surface area (Å²) in [6.07, 6.45) is 4.98. The van der Waals surface area contributed by atoms with Crippen LogP contribution in [0.1, 0.15) is 55.6 Å². The van der Waals surface area contributed by atoms with Gasteiger partial charge >= 0.3 is 0 Å². The number of nitrogens with zero attached hydrogens (tertiary/aromatic N) is 3. The van der Waals surface area contributed by atoms with Gasteiger partial charge in [-0.3, -0.25) is 9.69 Å². The molecule has 4 aromatic rings. The molecule has 37 heavy (non-hydrogen) atoms. The van der Waals surface area contributed by atoms with Gasteiger partial charge in [0.2, 0.25) is 10.0 Å². The Morgan fingerprint density at radius 3 is 2.35 bits per heavy atom. The molecule has 0 aliphatic heterocycles. The molecule has 0 saturated heterocycles. The molecule has 10 heteroatoms. The molecule has 0 atom stereocenters. The molecule has 1 amide bonds. The van der Waals surface area contributed by atoms with Gasteiger partial charge in [-0.05, 0) is 67.4 Å². The number of furan rings is 1. The summed E-state index contributed by atoms with van der Waals surface area (Å²) in [6, 6.07) is 15.1. The van der Waals surface area contributed by atoms with E-state index in [2.05, 4.69) is 4.98 Å². The number of carbonyl (C=O) groups excluding carboxylic acids is 1. The monoisotopic (exact) mass is 559 g/mol. The van der Waals surface area contributed by atoms with Crippen molar-refractivity contribution in [3.05, 3.63) is 77.2 Å².